The molecule has 2 heterocycles. The summed E-state index contributed by atoms with van der Waals surface area (Å²) in [4.78, 5) is 123. The number of aliphatic carboxylic acids is 5. The number of hydrogen-bond acceptors (Lipinski definition) is 20. The molecule has 28 heteroatoms. The van der Waals surface area contributed by atoms with Gasteiger partial charge in [0.05, 0.1) is 78.2 Å². The number of hydrogen-bond donors (Lipinski definition) is 8. The fourth-order valence-electron chi connectivity index (χ4n) is 7.66. The Kier molecular flexibility index (Phi) is 31.4. The quantitative estimate of drug-likeness (QED) is 0.0268. The van der Waals surface area contributed by atoms with Gasteiger partial charge in [0.25, 0.3) is 0 Å². The van der Waals surface area contributed by atoms with E-state index in [0.717, 1.165) is 0 Å². The van der Waals surface area contributed by atoms with Gasteiger partial charge in [0, 0.05) is 117 Å². The molecular formula is C44H79N11O17. The molecule has 0 radical (unpaired) electrons. The second-order valence-electron chi connectivity index (χ2n) is 18.1. The van der Waals surface area contributed by atoms with E-state index in [9.17, 15) is 68.7 Å². The number of rotatable bonds is 28. The topological polar surface area (TPSA) is 344 Å². The van der Waals surface area contributed by atoms with Crippen LogP contribution in [0.2, 0.25) is 0 Å². The third-order valence-electron chi connectivity index (χ3n) is 11.3. The molecular weight excluding hydrogens is 955 g/mol. The molecule has 1 atom stereocenters. The average molecular weight is 1030 g/mol. The monoisotopic (exact) mass is 1030 g/mol. The third kappa shape index (κ3) is 32.0. The summed E-state index contributed by atoms with van der Waals surface area (Å²) in [5, 5.41) is 56.0. The largest absolute Gasteiger partial charge is 0.480 e. The predicted molar refractivity (Wildman–Crippen MR) is 256 cm³/mol. The molecule has 0 aromatic heterocycles. The van der Waals surface area contributed by atoms with Crippen molar-refractivity contribution in [3.63, 3.8) is 0 Å². The Morgan fingerprint density at radius 1 is 0.403 bits per heavy atom. The van der Waals surface area contributed by atoms with E-state index in [-0.39, 0.29) is 215 Å². The van der Waals surface area contributed by atoms with E-state index in [1.54, 1.807) is 41.2 Å². The standard InChI is InChI=1S/C44H79N11O17/c1-34(2)46-38(58)33-71-23-22-70-21-4-45-36(56)24-48-5-9-50(26-39(59)60)14-17-54(30-43(67)68)18-20-55(19-8-48)31-44(69)72-32-35(3)47-37(57)25-49-6-10-51(27-40(61)62)12-15-53(29-42(65)66)16-13-52(11-7-49)28-41(63)64/h34-35H,4-33H2,1-3H3,(H,45,56)(H,46,58)(H,47,57)(H,59,60)(H,61,62)(H,63,64)(H,65,66)(H,67,68). The molecule has 2 aliphatic heterocycles. The highest BCUT2D eigenvalue weighted by Gasteiger charge is 2.24. The van der Waals surface area contributed by atoms with E-state index < -0.39 is 47.8 Å². The van der Waals surface area contributed by atoms with Crippen molar-refractivity contribution in [3.05, 3.63) is 0 Å². The molecule has 0 aromatic carbocycles. The van der Waals surface area contributed by atoms with Gasteiger partial charge in [-0.3, -0.25) is 82.4 Å². The maximum atomic E-state index is 13.3. The van der Waals surface area contributed by atoms with Crippen molar-refractivity contribution in [3.8, 4) is 0 Å². The van der Waals surface area contributed by atoms with Gasteiger partial charge in [0.1, 0.15) is 13.2 Å². The summed E-state index contributed by atoms with van der Waals surface area (Å²) in [5.41, 5.74) is 0. The normalized spacial score (nSPS) is 18.3. The van der Waals surface area contributed by atoms with Gasteiger partial charge in [-0.15, -0.1) is 0 Å². The summed E-state index contributed by atoms with van der Waals surface area (Å²) in [7, 11) is 0. The van der Waals surface area contributed by atoms with Crippen LogP contribution >= 0.6 is 0 Å². The van der Waals surface area contributed by atoms with Crippen LogP contribution in [0.25, 0.3) is 0 Å². The van der Waals surface area contributed by atoms with Crippen LogP contribution in [0.5, 0.6) is 0 Å². The Bertz CT molecular complexity index is 1680. The summed E-state index contributed by atoms with van der Waals surface area (Å²) in [6.45, 7) is 7.61. The Morgan fingerprint density at radius 3 is 1.07 bits per heavy atom. The summed E-state index contributed by atoms with van der Waals surface area (Å²) in [6, 6.07) is -0.654. The van der Waals surface area contributed by atoms with Gasteiger partial charge in [-0.1, -0.05) is 0 Å². The van der Waals surface area contributed by atoms with E-state index >= 15 is 0 Å². The molecule has 1 unspecified atom stereocenters. The number of carbonyl (C=O) groups excluding carboxylic acids is 4. The molecule has 72 heavy (non-hydrogen) atoms. The number of amides is 3. The zero-order chi connectivity index (χ0) is 53.4. The van der Waals surface area contributed by atoms with Gasteiger partial charge in [-0.05, 0) is 20.8 Å². The van der Waals surface area contributed by atoms with Crippen LogP contribution in [0.4, 0.5) is 0 Å². The third-order valence-corrected chi connectivity index (χ3v) is 11.3. The Morgan fingerprint density at radius 2 is 0.722 bits per heavy atom. The van der Waals surface area contributed by atoms with Crippen LogP contribution in [0.1, 0.15) is 20.8 Å². The van der Waals surface area contributed by atoms with Crippen LogP contribution in [0.15, 0.2) is 0 Å². The molecule has 8 N–H and O–H groups in total. The van der Waals surface area contributed by atoms with Crippen molar-refractivity contribution in [1.29, 1.82) is 0 Å². The van der Waals surface area contributed by atoms with Crippen LogP contribution in [-0.4, -0.2) is 327 Å². The number of carboxylic acids is 5. The van der Waals surface area contributed by atoms with Crippen molar-refractivity contribution in [2.24, 2.45) is 0 Å². The minimum atomic E-state index is -1.08. The van der Waals surface area contributed by atoms with Crippen molar-refractivity contribution in [2.75, 3.05) is 197 Å². The molecule has 28 nitrogen and oxygen atoms in total. The maximum absolute atomic E-state index is 13.3. The Labute approximate surface area is 420 Å². The highest BCUT2D eigenvalue weighted by Crippen LogP contribution is 2.05. The summed E-state index contributed by atoms with van der Waals surface area (Å²) in [6.07, 6.45) is 0. The molecule has 2 fully saturated rings. The minimum absolute atomic E-state index is 0.00405. The van der Waals surface area contributed by atoms with E-state index in [1.165, 1.54) is 0 Å². The lowest BCUT2D eigenvalue weighted by molar-refractivity contribution is -0.146. The van der Waals surface area contributed by atoms with E-state index in [0.29, 0.717) is 0 Å². The molecule has 2 saturated heterocycles. The number of esters is 1. The Hall–Kier alpha value is -5.17. The van der Waals surface area contributed by atoms with Gasteiger partial charge in [-0.25, -0.2) is 0 Å². The van der Waals surface area contributed by atoms with Crippen molar-refractivity contribution >= 4 is 53.5 Å². The zero-order valence-corrected chi connectivity index (χ0v) is 42.1. The number of carbonyl (C=O) groups is 9. The SMILES string of the molecule is CC(C)NC(=O)COCCOCCNC(=O)CN1CCN(CC(=O)O)CCN(CC(=O)O)CCN(CC(=O)OCC(C)NC(=O)CN2CCN(CC(=O)O)CCN(CC(=O)O)CCN(CC(=O)O)CC2)CC1. The van der Waals surface area contributed by atoms with E-state index in [2.05, 4.69) is 16.0 Å². The van der Waals surface area contributed by atoms with E-state index in [4.69, 9.17) is 14.2 Å². The van der Waals surface area contributed by atoms with E-state index in [1.807, 2.05) is 18.7 Å². The molecule has 412 valence electrons. The average Bonchev–Trinajstić information content (AvgIpc) is 3.27. The van der Waals surface area contributed by atoms with Gasteiger partial charge in [0.15, 0.2) is 0 Å². The molecule has 0 aliphatic carbocycles. The lowest BCUT2D eigenvalue weighted by Crippen LogP contribution is -2.50. The first kappa shape index (κ1) is 62.9. The second-order valence-corrected chi connectivity index (χ2v) is 18.1. The van der Waals surface area contributed by atoms with Crippen molar-refractivity contribution in [2.45, 2.75) is 32.9 Å². The lowest BCUT2D eigenvalue weighted by Gasteiger charge is -2.33. The molecule has 0 saturated carbocycles. The van der Waals surface area contributed by atoms with Gasteiger partial charge in [-0.2, -0.15) is 0 Å². The lowest BCUT2D eigenvalue weighted by atomic mass is 10.3. The smallest absolute Gasteiger partial charge is 0.320 e. The summed E-state index contributed by atoms with van der Waals surface area (Å²) in [5.74, 6) is -6.97. The molecule has 0 aromatic rings. The van der Waals surface area contributed by atoms with Gasteiger partial charge in [0.2, 0.25) is 17.7 Å². The first-order valence-corrected chi connectivity index (χ1v) is 24.2. The van der Waals surface area contributed by atoms with Gasteiger partial charge < -0.3 is 55.7 Å². The molecule has 0 spiro atoms. The highest BCUT2D eigenvalue weighted by molar-refractivity contribution is 5.79. The number of nitrogens with one attached hydrogen (secondary N) is 3. The summed E-state index contributed by atoms with van der Waals surface area (Å²) >= 11 is 0. The van der Waals surface area contributed by atoms with Crippen LogP contribution in [-0.2, 0) is 57.4 Å². The second kappa shape index (κ2) is 35.9. The van der Waals surface area contributed by atoms with Crippen molar-refractivity contribution in [1.82, 2.24) is 55.1 Å². The Balaban J connectivity index is 2.04. The molecule has 2 rings (SSSR count). The number of ether oxygens (including phenoxy) is 3. The van der Waals surface area contributed by atoms with Gasteiger partial charge >= 0.3 is 35.8 Å². The fourth-order valence-corrected chi connectivity index (χ4v) is 7.66. The maximum Gasteiger partial charge on any atom is 0.320 e. The number of nitrogens with zero attached hydrogens (tertiary/aromatic N) is 8. The molecule has 2 aliphatic rings. The van der Waals surface area contributed by atoms with Crippen LogP contribution in [0.3, 0.4) is 0 Å². The van der Waals surface area contributed by atoms with Crippen molar-refractivity contribution < 1.29 is 82.9 Å². The predicted octanol–water partition coefficient (Wildman–Crippen LogP) is -5.43. The summed E-state index contributed by atoms with van der Waals surface area (Å²) < 4.78 is 16.4. The molecule has 0 bridgehead atoms. The van der Waals surface area contributed by atoms with Crippen LogP contribution < -0.4 is 16.0 Å². The fraction of sp³-hybridized carbons (Fsp3) is 0.795. The number of carboxylic acid groups (broad SMARTS) is 5. The zero-order valence-electron chi connectivity index (χ0n) is 42.1. The first-order chi connectivity index (χ1) is 34.1. The van der Waals surface area contributed by atoms with Crippen LogP contribution in [0, 0.1) is 0 Å². The molecule has 3 amide bonds. The minimum Gasteiger partial charge on any atom is -0.480 e. The first-order valence-electron chi connectivity index (χ1n) is 24.2. The highest BCUT2D eigenvalue weighted by atomic mass is 16.5.